The molecule has 3 aromatic rings. The average molecular weight is 423 g/mol. The highest BCUT2D eigenvalue weighted by Gasteiger charge is 2.15. The molecular formula is C24H23ClN2O3. The van der Waals surface area contributed by atoms with Gasteiger partial charge in [0.05, 0.1) is 6.54 Å². The van der Waals surface area contributed by atoms with Gasteiger partial charge in [0.2, 0.25) is 0 Å². The highest BCUT2D eigenvalue weighted by atomic mass is 35.5. The predicted octanol–water partition coefficient (Wildman–Crippen LogP) is 4.52. The van der Waals surface area contributed by atoms with E-state index in [9.17, 15) is 9.59 Å². The summed E-state index contributed by atoms with van der Waals surface area (Å²) in [7, 11) is 0. The number of esters is 1. The molecule has 0 aromatic heterocycles. The second-order valence-electron chi connectivity index (χ2n) is 6.84. The highest BCUT2D eigenvalue weighted by Crippen LogP contribution is 2.15. The third-order valence-corrected chi connectivity index (χ3v) is 4.56. The molecule has 3 aromatic carbocycles. The lowest BCUT2D eigenvalue weighted by Crippen LogP contribution is -2.32. The van der Waals surface area contributed by atoms with Crippen LogP contribution in [-0.2, 0) is 27.4 Å². The third kappa shape index (κ3) is 7.35. The molecule has 5 nitrogen and oxygen atoms in total. The molecule has 0 bridgehead atoms. The van der Waals surface area contributed by atoms with Crippen molar-refractivity contribution < 1.29 is 14.3 Å². The van der Waals surface area contributed by atoms with Gasteiger partial charge in [-0.15, -0.1) is 0 Å². The minimum absolute atomic E-state index is 0.0776. The van der Waals surface area contributed by atoms with Gasteiger partial charge in [-0.25, -0.2) is 0 Å². The first-order chi connectivity index (χ1) is 14.6. The molecule has 0 radical (unpaired) electrons. The van der Waals surface area contributed by atoms with Gasteiger partial charge in [0.15, 0.2) is 6.61 Å². The number of rotatable bonds is 9. The summed E-state index contributed by atoms with van der Waals surface area (Å²) < 4.78 is 5.19. The maximum Gasteiger partial charge on any atom is 0.320 e. The van der Waals surface area contributed by atoms with Gasteiger partial charge < -0.3 is 10.1 Å². The van der Waals surface area contributed by atoms with Gasteiger partial charge in [-0.2, -0.15) is 0 Å². The Hall–Kier alpha value is -3.15. The van der Waals surface area contributed by atoms with E-state index in [1.165, 1.54) is 0 Å². The van der Waals surface area contributed by atoms with Crippen LogP contribution >= 0.6 is 11.6 Å². The number of amides is 1. The van der Waals surface area contributed by atoms with Crippen molar-refractivity contribution in [3.63, 3.8) is 0 Å². The van der Waals surface area contributed by atoms with E-state index < -0.39 is 11.9 Å². The van der Waals surface area contributed by atoms with Crippen molar-refractivity contribution in [2.75, 3.05) is 18.5 Å². The maximum atomic E-state index is 12.4. The van der Waals surface area contributed by atoms with Gasteiger partial charge >= 0.3 is 5.97 Å². The van der Waals surface area contributed by atoms with Gasteiger partial charge in [0.1, 0.15) is 0 Å². The SMILES string of the molecule is O=C(COC(=O)CN(Cc1ccccc1)Cc1ccccc1)Nc1cccc(Cl)c1. The molecule has 3 rings (SSSR count). The van der Waals surface area contributed by atoms with Gasteiger partial charge in [-0.05, 0) is 29.3 Å². The molecule has 0 atom stereocenters. The predicted molar refractivity (Wildman–Crippen MR) is 118 cm³/mol. The Labute approximate surface area is 181 Å². The Morgan fingerprint density at radius 3 is 2.00 bits per heavy atom. The molecule has 6 heteroatoms. The maximum absolute atomic E-state index is 12.4. The van der Waals surface area contributed by atoms with Crippen molar-refractivity contribution in [3.05, 3.63) is 101 Å². The van der Waals surface area contributed by atoms with Gasteiger partial charge in [0.25, 0.3) is 5.91 Å². The standard InChI is InChI=1S/C24H23ClN2O3/c25-21-12-7-13-22(14-21)26-23(28)18-30-24(29)17-27(15-19-8-3-1-4-9-19)16-20-10-5-2-6-11-20/h1-14H,15-18H2,(H,26,28). The van der Waals surface area contributed by atoms with E-state index in [1.54, 1.807) is 24.3 Å². The molecule has 0 saturated heterocycles. The molecule has 1 amide bonds. The lowest BCUT2D eigenvalue weighted by atomic mass is 10.1. The van der Waals surface area contributed by atoms with Crippen LogP contribution in [0.2, 0.25) is 5.02 Å². The first kappa shape index (κ1) is 21.6. The summed E-state index contributed by atoms with van der Waals surface area (Å²) in [5, 5.41) is 3.17. The molecule has 154 valence electrons. The average Bonchev–Trinajstić information content (AvgIpc) is 2.74. The van der Waals surface area contributed by atoms with E-state index in [0.717, 1.165) is 11.1 Å². The minimum Gasteiger partial charge on any atom is -0.455 e. The van der Waals surface area contributed by atoms with Crippen LogP contribution in [0.15, 0.2) is 84.9 Å². The minimum atomic E-state index is -0.455. The van der Waals surface area contributed by atoms with Crippen LogP contribution < -0.4 is 5.32 Å². The largest absolute Gasteiger partial charge is 0.455 e. The summed E-state index contributed by atoms with van der Waals surface area (Å²) in [6.45, 7) is 0.920. The summed E-state index contributed by atoms with van der Waals surface area (Å²) in [6, 6.07) is 26.6. The Morgan fingerprint density at radius 1 is 0.833 bits per heavy atom. The first-order valence-corrected chi connectivity index (χ1v) is 9.97. The summed E-state index contributed by atoms with van der Waals surface area (Å²) in [5.41, 5.74) is 2.75. The normalized spacial score (nSPS) is 10.6. The van der Waals surface area contributed by atoms with E-state index in [-0.39, 0.29) is 13.2 Å². The molecule has 0 aliphatic carbocycles. The van der Waals surface area contributed by atoms with Crippen molar-refractivity contribution in [3.8, 4) is 0 Å². The fourth-order valence-corrected chi connectivity index (χ4v) is 3.18. The zero-order chi connectivity index (χ0) is 21.2. The summed E-state index contributed by atoms with van der Waals surface area (Å²) in [6.07, 6.45) is 0. The number of carbonyl (C=O) groups excluding carboxylic acids is 2. The number of ether oxygens (including phenoxy) is 1. The second-order valence-corrected chi connectivity index (χ2v) is 7.27. The molecule has 0 unspecified atom stereocenters. The molecular weight excluding hydrogens is 400 g/mol. The summed E-state index contributed by atoms with van der Waals surface area (Å²) >= 11 is 5.90. The summed E-state index contributed by atoms with van der Waals surface area (Å²) in [4.78, 5) is 26.4. The van der Waals surface area contributed by atoms with Gasteiger partial charge in [-0.3, -0.25) is 14.5 Å². The number of benzene rings is 3. The molecule has 0 saturated carbocycles. The van der Waals surface area contributed by atoms with Crippen molar-refractivity contribution >= 4 is 29.2 Å². The lowest BCUT2D eigenvalue weighted by molar-refractivity contribution is -0.148. The topological polar surface area (TPSA) is 58.6 Å². The third-order valence-electron chi connectivity index (χ3n) is 4.32. The quantitative estimate of drug-likeness (QED) is 0.515. The number of carbonyl (C=O) groups is 2. The van der Waals surface area contributed by atoms with Gasteiger partial charge in [-0.1, -0.05) is 78.3 Å². The Bertz CT molecular complexity index is 923. The van der Waals surface area contributed by atoms with Crippen LogP contribution in [-0.4, -0.2) is 29.9 Å². The van der Waals surface area contributed by atoms with Crippen LogP contribution in [0.3, 0.4) is 0 Å². The van der Waals surface area contributed by atoms with E-state index in [2.05, 4.69) is 5.32 Å². The molecule has 30 heavy (non-hydrogen) atoms. The lowest BCUT2D eigenvalue weighted by Gasteiger charge is -2.21. The first-order valence-electron chi connectivity index (χ1n) is 9.60. The van der Waals surface area contributed by atoms with Crippen LogP contribution in [0.1, 0.15) is 11.1 Å². The number of nitrogens with zero attached hydrogens (tertiary/aromatic N) is 1. The Balaban J connectivity index is 1.54. The second kappa shape index (κ2) is 11.1. The number of hydrogen-bond acceptors (Lipinski definition) is 4. The molecule has 0 aliphatic heterocycles. The molecule has 0 heterocycles. The number of halogens is 1. The molecule has 0 aliphatic rings. The number of nitrogens with one attached hydrogen (secondary N) is 1. The van der Waals surface area contributed by atoms with Crippen molar-refractivity contribution in [2.45, 2.75) is 13.1 Å². The van der Waals surface area contributed by atoms with Crippen LogP contribution in [0.25, 0.3) is 0 Å². The fourth-order valence-electron chi connectivity index (χ4n) is 2.99. The van der Waals surface area contributed by atoms with E-state index >= 15 is 0 Å². The summed E-state index contributed by atoms with van der Waals surface area (Å²) in [5.74, 6) is -0.869. The zero-order valence-electron chi connectivity index (χ0n) is 16.5. The van der Waals surface area contributed by atoms with Crippen LogP contribution in [0, 0.1) is 0 Å². The molecule has 1 N–H and O–H groups in total. The number of anilines is 1. The van der Waals surface area contributed by atoms with E-state index in [4.69, 9.17) is 16.3 Å². The highest BCUT2D eigenvalue weighted by molar-refractivity contribution is 6.30. The van der Waals surface area contributed by atoms with Crippen molar-refractivity contribution in [2.24, 2.45) is 0 Å². The monoisotopic (exact) mass is 422 g/mol. The Kier molecular flexibility index (Phi) is 8.01. The van der Waals surface area contributed by atoms with Crippen molar-refractivity contribution in [1.29, 1.82) is 0 Å². The van der Waals surface area contributed by atoms with Crippen LogP contribution in [0.5, 0.6) is 0 Å². The Morgan fingerprint density at radius 2 is 1.43 bits per heavy atom. The number of hydrogen-bond donors (Lipinski definition) is 1. The molecule has 0 spiro atoms. The van der Waals surface area contributed by atoms with E-state index in [0.29, 0.717) is 23.8 Å². The van der Waals surface area contributed by atoms with Crippen LogP contribution in [0.4, 0.5) is 5.69 Å². The van der Waals surface area contributed by atoms with Crippen molar-refractivity contribution in [1.82, 2.24) is 4.90 Å². The zero-order valence-corrected chi connectivity index (χ0v) is 17.2. The smallest absolute Gasteiger partial charge is 0.320 e. The fraction of sp³-hybridized carbons (Fsp3) is 0.167. The van der Waals surface area contributed by atoms with Gasteiger partial charge in [0, 0.05) is 23.8 Å². The van der Waals surface area contributed by atoms with E-state index in [1.807, 2.05) is 65.6 Å². The molecule has 0 fully saturated rings.